The van der Waals surface area contributed by atoms with Gasteiger partial charge in [0.15, 0.2) is 0 Å². The molecule has 1 aromatic rings. The van der Waals surface area contributed by atoms with Crippen LogP contribution in [0.4, 0.5) is 0 Å². The fourth-order valence-electron chi connectivity index (χ4n) is 2.77. The molecule has 20 heavy (non-hydrogen) atoms. The minimum absolute atomic E-state index is 0.160. The summed E-state index contributed by atoms with van der Waals surface area (Å²) in [4.78, 5) is 7.11. The first-order valence-electron chi connectivity index (χ1n) is 7.79. The van der Waals surface area contributed by atoms with E-state index in [0.29, 0.717) is 5.92 Å². The second-order valence-electron chi connectivity index (χ2n) is 7.02. The lowest BCUT2D eigenvalue weighted by Crippen LogP contribution is -2.26. The molecule has 1 atom stereocenters. The van der Waals surface area contributed by atoms with E-state index in [-0.39, 0.29) is 5.60 Å². The van der Waals surface area contributed by atoms with Crippen molar-refractivity contribution in [1.29, 1.82) is 0 Å². The highest BCUT2D eigenvalue weighted by atomic mass is 16.5. The van der Waals surface area contributed by atoms with Crippen LogP contribution in [0.5, 0.6) is 5.75 Å². The molecule has 1 aliphatic heterocycles. The largest absolute Gasteiger partial charge is 0.487 e. The number of rotatable bonds is 5. The summed E-state index contributed by atoms with van der Waals surface area (Å²) < 4.78 is 5.80. The van der Waals surface area contributed by atoms with E-state index in [0.717, 1.165) is 17.9 Å². The van der Waals surface area contributed by atoms with Gasteiger partial charge in [-0.1, -0.05) is 6.92 Å². The molecule has 2 rings (SSSR count). The third-order valence-corrected chi connectivity index (χ3v) is 3.55. The van der Waals surface area contributed by atoms with Crippen molar-refractivity contribution in [3.05, 3.63) is 24.0 Å². The molecule has 3 nitrogen and oxygen atoms in total. The van der Waals surface area contributed by atoms with Gasteiger partial charge in [-0.15, -0.1) is 0 Å². The molecule has 1 aromatic heterocycles. The predicted molar refractivity (Wildman–Crippen MR) is 83.2 cm³/mol. The van der Waals surface area contributed by atoms with Gasteiger partial charge in [0.25, 0.3) is 0 Å². The Morgan fingerprint density at radius 1 is 1.25 bits per heavy atom. The van der Waals surface area contributed by atoms with E-state index >= 15 is 0 Å². The van der Waals surface area contributed by atoms with Gasteiger partial charge >= 0.3 is 0 Å². The molecule has 0 amide bonds. The standard InChI is InChI=1S/C17H28N2O/c1-14(13-19-9-5-6-10-19)11-15-7-8-16(12-18-15)20-17(2,3)4/h7-8,12,14H,5-6,9-11,13H2,1-4H3. The van der Waals surface area contributed by atoms with Gasteiger partial charge in [0.05, 0.1) is 6.20 Å². The molecule has 0 aliphatic carbocycles. The van der Waals surface area contributed by atoms with Gasteiger partial charge in [0.1, 0.15) is 11.4 Å². The second kappa shape index (κ2) is 6.57. The Morgan fingerprint density at radius 3 is 2.50 bits per heavy atom. The molecule has 112 valence electrons. The maximum Gasteiger partial charge on any atom is 0.138 e. The van der Waals surface area contributed by atoms with E-state index in [4.69, 9.17) is 4.74 Å². The van der Waals surface area contributed by atoms with E-state index in [1.54, 1.807) is 0 Å². The highest BCUT2D eigenvalue weighted by Gasteiger charge is 2.16. The molecule has 3 heteroatoms. The zero-order chi connectivity index (χ0) is 14.6. The normalized spacial score (nSPS) is 18.2. The molecule has 0 aromatic carbocycles. The van der Waals surface area contributed by atoms with Crippen LogP contribution in [-0.2, 0) is 6.42 Å². The van der Waals surface area contributed by atoms with Gasteiger partial charge in [-0.3, -0.25) is 4.98 Å². The lowest BCUT2D eigenvalue weighted by atomic mass is 10.0. The monoisotopic (exact) mass is 276 g/mol. The molecule has 0 N–H and O–H groups in total. The molecule has 0 spiro atoms. The van der Waals surface area contributed by atoms with Gasteiger partial charge in [0.2, 0.25) is 0 Å². The summed E-state index contributed by atoms with van der Waals surface area (Å²) >= 11 is 0. The number of pyridine rings is 1. The maximum absolute atomic E-state index is 5.80. The van der Waals surface area contributed by atoms with Crippen LogP contribution < -0.4 is 4.74 Å². The summed E-state index contributed by atoms with van der Waals surface area (Å²) in [6.07, 6.45) is 5.63. The first kappa shape index (κ1) is 15.3. The molecule has 0 radical (unpaired) electrons. The summed E-state index contributed by atoms with van der Waals surface area (Å²) in [6.45, 7) is 12.2. The number of ether oxygens (including phenoxy) is 1. The first-order chi connectivity index (χ1) is 9.42. The van der Waals surface area contributed by atoms with Crippen LogP contribution in [0.3, 0.4) is 0 Å². The van der Waals surface area contributed by atoms with Gasteiger partial charge in [0, 0.05) is 12.2 Å². The minimum Gasteiger partial charge on any atom is -0.487 e. The fraction of sp³-hybridized carbons (Fsp3) is 0.706. The van der Waals surface area contributed by atoms with E-state index in [9.17, 15) is 0 Å². The highest BCUT2D eigenvalue weighted by Crippen LogP contribution is 2.18. The van der Waals surface area contributed by atoms with Crippen molar-refractivity contribution in [2.45, 2.75) is 52.6 Å². The van der Waals surface area contributed by atoms with E-state index < -0.39 is 0 Å². The molecule has 1 saturated heterocycles. The number of likely N-dealkylation sites (tertiary alicyclic amines) is 1. The fourth-order valence-corrected chi connectivity index (χ4v) is 2.77. The quantitative estimate of drug-likeness (QED) is 0.822. The van der Waals surface area contributed by atoms with Crippen LogP contribution in [0.25, 0.3) is 0 Å². The SMILES string of the molecule is CC(Cc1ccc(OC(C)(C)C)cn1)CN1CCCC1. The molecule has 2 heterocycles. The van der Waals surface area contributed by atoms with E-state index in [2.05, 4.69) is 43.6 Å². The van der Waals surface area contributed by atoms with Crippen LogP contribution in [0, 0.1) is 5.92 Å². The molecule has 1 fully saturated rings. The molecule has 1 aliphatic rings. The van der Waals surface area contributed by atoms with E-state index in [1.807, 2.05) is 12.3 Å². The van der Waals surface area contributed by atoms with Crippen molar-refractivity contribution in [3.63, 3.8) is 0 Å². The Bertz CT molecular complexity index is 402. The molecular weight excluding hydrogens is 248 g/mol. The lowest BCUT2D eigenvalue weighted by Gasteiger charge is -2.22. The van der Waals surface area contributed by atoms with Gasteiger partial charge < -0.3 is 9.64 Å². The highest BCUT2D eigenvalue weighted by molar-refractivity contribution is 5.20. The first-order valence-corrected chi connectivity index (χ1v) is 7.79. The predicted octanol–water partition coefficient (Wildman–Crippen LogP) is 3.53. The Kier molecular flexibility index (Phi) is 5.03. The number of aromatic nitrogens is 1. The van der Waals surface area contributed by atoms with Crippen LogP contribution in [-0.4, -0.2) is 35.1 Å². The van der Waals surface area contributed by atoms with Crippen molar-refractivity contribution < 1.29 is 4.74 Å². The van der Waals surface area contributed by atoms with Crippen molar-refractivity contribution in [2.24, 2.45) is 5.92 Å². The van der Waals surface area contributed by atoms with Crippen LogP contribution in [0.1, 0.15) is 46.2 Å². The Labute approximate surface area is 123 Å². The maximum atomic E-state index is 5.80. The molecule has 1 unspecified atom stereocenters. The Morgan fingerprint density at radius 2 is 1.95 bits per heavy atom. The minimum atomic E-state index is -0.160. The summed E-state index contributed by atoms with van der Waals surface area (Å²) in [5.74, 6) is 1.52. The van der Waals surface area contributed by atoms with Crippen LogP contribution in [0.15, 0.2) is 18.3 Å². The Hall–Kier alpha value is -1.09. The third-order valence-electron chi connectivity index (χ3n) is 3.55. The number of nitrogens with zero attached hydrogens (tertiary/aromatic N) is 2. The van der Waals surface area contributed by atoms with Crippen molar-refractivity contribution >= 4 is 0 Å². The van der Waals surface area contributed by atoms with Gasteiger partial charge in [-0.25, -0.2) is 0 Å². The number of hydrogen-bond donors (Lipinski definition) is 0. The average Bonchev–Trinajstić information content (AvgIpc) is 2.82. The third kappa shape index (κ3) is 5.12. The lowest BCUT2D eigenvalue weighted by molar-refractivity contribution is 0.130. The van der Waals surface area contributed by atoms with Crippen LogP contribution >= 0.6 is 0 Å². The van der Waals surface area contributed by atoms with E-state index in [1.165, 1.54) is 32.5 Å². The summed E-state index contributed by atoms with van der Waals surface area (Å²) in [7, 11) is 0. The van der Waals surface area contributed by atoms with Crippen molar-refractivity contribution in [1.82, 2.24) is 9.88 Å². The smallest absolute Gasteiger partial charge is 0.138 e. The van der Waals surface area contributed by atoms with Crippen molar-refractivity contribution in [3.8, 4) is 5.75 Å². The number of hydrogen-bond acceptors (Lipinski definition) is 3. The summed E-state index contributed by atoms with van der Waals surface area (Å²) in [6, 6.07) is 4.14. The van der Waals surface area contributed by atoms with Crippen molar-refractivity contribution in [2.75, 3.05) is 19.6 Å². The molecule has 0 saturated carbocycles. The average molecular weight is 276 g/mol. The molecule has 0 bridgehead atoms. The summed E-state index contributed by atoms with van der Waals surface area (Å²) in [5, 5.41) is 0. The van der Waals surface area contributed by atoms with Gasteiger partial charge in [-0.2, -0.15) is 0 Å². The van der Waals surface area contributed by atoms with Crippen LogP contribution in [0.2, 0.25) is 0 Å². The summed E-state index contributed by atoms with van der Waals surface area (Å²) in [5.41, 5.74) is 1.00. The second-order valence-corrected chi connectivity index (χ2v) is 7.02. The zero-order valence-corrected chi connectivity index (χ0v) is 13.4. The topological polar surface area (TPSA) is 25.4 Å². The van der Waals surface area contributed by atoms with Gasteiger partial charge in [-0.05, 0) is 71.2 Å². The molecular formula is C17H28N2O. The zero-order valence-electron chi connectivity index (χ0n) is 13.4. The Balaban J connectivity index is 1.83.